The van der Waals surface area contributed by atoms with E-state index in [-0.39, 0.29) is 29.7 Å². The van der Waals surface area contributed by atoms with Crippen LogP contribution in [0.1, 0.15) is 22.3 Å². The first-order valence-electron chi connectivity index (χ1n) is 12.9. The average molecular weight is 543 g/mol. The Kier molecular flexibility index (Phi) is 6.40. The van der Waals surface area contributed by atoms with Gasteiger partial charge in [0.1, 0.15) is 22.8 Å². The van der Waals surface area contributed by atoms with Crippen LogP contribution in [-0.4, -0.2) is 109 Å². The number of aromatic hydroxyl groups is 1. The summed E-state index contributed by atoms with van der Waals surface area (Å²) in [5.41, 5.74) is 3.50. The van der Waals surface area contributed by atoms with Gasteiger partial charge in [0.25, 0.3) is 5.91 Å². The van der Waals surface area contributed by atoms with Crippen LogP contribution >= 0.6 is 0 Å². The number of allylic oxidation sites excluding steroid dienone is 1. The molecule has 4 aliphatic rings. The normalized spacial score (nSPS) is 28.9. The molecule has 1 fully saturated rings. The van der Waals surface area contributed by atoms with Crippen LogP contribution in [0.4, 0.5) is 11.4 Å². The number of Topliss-reactive ketones (excluding diaryl/α,β-unsaturated/α-hetero) is 2. The molecule has 1 aliphatic heterocycles. The number of phenols is 1. The second kappa shape index (κ2) is 9.25. The van der Waals surface area contributed by atoms with Gasteiger partial charge in [-0.1, -0.05) is 0 Å². The van der Waals surface area contributed by atoms with Crippen molar-refractivity contribution >= 4 is 28.8 Å². The second-order valence-corrected chi connectivity index (χ2v) is 11.1. The van der Waals surface area contributed by atoms with Gasteiger partial charge in [-0.15, -0.1) is 0 Å². The van der Waals surface area contributed by atoms with E-state index < -0.39 is 58.0 Å². The quantitative estimate of drug-likeness (QED) is 0.324. The van der Waals surface area contributed by atoms with E-state index in [0.717, 1.165) is 5.69 Å². The van der Waals surface area contributed by atoms with Crippen LogP contribution in [-0.2, 0) is 20.7 Å². The summed E-state index contributed by atoms with van der Waals surface area (Å²) in [6.07, 6.45) is 0.281. The van der Waals surface area contributed by atoms with Crippen molar-refractivity contribution in [3.63, 3.8) is 0 Å². The van der Waals surface area contributed by atoms with Crippen LogP contribution in [0.25, 0.3) is 0 Å². The Hall–Kier alpha value is -3.61. The van der Waals surface area contributed by atoms with Gasteiger partial charge in [-0.25, -0.2) is 0 Å². The minimum atomic E-state index is -2.66. The highest BCUT2D eigenvalue weighted by molar-refractivity contribution is 6.25. The van der Waals surface area contributed by atoms with E-state index in [0.29, 0.717) is 37.6 Å². The number of ether oxygens (including phenoxy) is 1. The number of benzene rings is 1. The molecule has 6 N–H and O–H groups in total. The number of amides is 1. The lowest BCUT2D eigenvalue weighted by atomic mass is 9.58. The lowest BCUT2D eigenvalue weighted by molar-refractivity contribution is -0.148. The van der Waals surface area contributed by atoms with Crippen LogP contribution in [0.15, 0.2) is 28.7 Å². The number of phenolic OH excluding ortho intramolecular Hbond substituents is 1. The van der Waals surface area contributed by atoms with Crippen molar-refractivity contribution in [3.05, 3.63) is 39.9 Å². The Balaban J connectivity index is 1.72. The number of morpholine rings is 1. The number of aliphatic hydroxyl groups is 3. The Labute approximate surface area is 225 Å². The molecule has 0 radical (unpaired) electrons. The summed E-state index contributed by atoms with van der Waals surface area (Å²) >= 11 is 0. The first-order valence-corrected chi connectivity index (χ1v) is 12.9. The maximum absolute atomic E-state index is 14.1. The van der Waals surface area contributed by atoms with E-state index in [2.05, 4.69) is 0 Å². The molecule has 0 saturated carbocycles. The minimum absolute atomic E-state index is 0.00322. The van der Waals surface area contributed by atoms with Gasteiger partial charge < -0.3 is 40.7 Å². The molecule has 12 nitrogen and oxygen atoms in total. The van der Waals surface area contributed by atoms with Crippen LogP contribution in [0.3, 0.4) is 0 Å². The minimum Gasteiger partial charge on any atom is -0.510 e. The number of hydrogen-bond acceptors (Lipinski definition) is 11. The summed E-state index contributed by atoms with van der Waals surface area (Å²) in [7, 11) is 6.86. The molecule has 1 aromatic carbocycles. The van der Waals surface area contributed by atoms with Gasteiger partial charge in [-0.3, -0.25) is 19.3 Å². The molecule has 1 heterocycles. The van der Waals surface area contributed by atoms with E-state index in [9.17, 15) is 34.8 Å². The van der Waals surface area contributed by atoms with Crippen LogP contribution in [0, 0.1) is 11.8 Å². The fourth-order valence-corrected chi connectivity index (χ4v) is 6.73. The predicted molar refractivity (Wildman–Crippen MR) is 141 cm³/mol. The highest BCUT2D eigenvalue weighted by atomic mass is 16.5. The summed E-state index contributed by atoms with van der Waals surface area (Å²) in [6.45, 7) is 1.94. The largest absolute Gasteiger partial charge is 0.510 e. The standard InChI is InChI=1S/C27H34N4O8/c1-29(2)15-11-16(31-5-7-39-8-6-31)21(32)18-13(15)9-12-10-14-20(30(3)4)23(34)19(26(28)37)25(36)27(14,38)24(35)17(12)22(18)33/h11-12,14,20,32,34-35,38H,5-10H2,1-4H3,(H2,28,37)/t12-,14-,20-,27-/m1/s1. The first kappa shape index (κ1) is 27.0. The van der Waals surface area contributed by atoms with Gasteiger partial charge in [-0.05, 0) is 44.5 Å². The number of carbonyl (C=O) groups is 3. The maximum atomic E-state index is 14.1. The fourth-order valence-electron chi connectivity index (χ4n) is 6.73. The molecule has 4 atom stereocenters. The topological polar surface area (TPSA) is 177 Å². The highest BCUT2D eigenvalue weighted by Crippen LogP contribution is 2.54. The molecule has 39 heavy (non-hydrogen) atoms. The summed E-state index contributed by atoms with van der Waals surface area (Å²) in [5.74, 6) is -6.59. The molecule has 3 aliphatic carbocycles. The van der Waals surface area contributed by atoms with Gasteiger partial charge in [0.15, 0.2) is 11.4 Å². The van der Waals surface area contributed by atoms with Crippen molar-refractivity contribution in [3.8, 4) is 5.75 Å². The third-order valence-electron chi connectivity index (χ3n) is 8.51. The number of rotatable bonds is 4. The summed E-state index contributed by atoms with van der Waals surface area (Å²) in [4.78, 5) is 45.0. The second-order valence-electron chi connectivity index (χ2n) is 11.1. The molecule has 0 bridgehead atoms. The van der Waals surface area contributed by atoms with Gasteiger partial charge in [0, 0.05) is 44.4 Å². The number of fused-ring (bicyclic) bond motifs is 3. The van der Waals surface area contributed by atoms with E-state index in [1.165, 1.54) is 4.90 Å². The molecule has 5 rings (SSSR count). The Morgan fingerprint density at radius 2 is 1.77 bits per heavy atom. The molecule has 0 spiro atoms. The number of carbonyl (C=O) groups excluding carboxylic acids is 3. The number of hydrogen-bond donors (Lipinski definition) is 5. The van der Waals surface area contributed by atoms with Crippen molar-refractivity contribution in [2.75, 3.05) is 64.3 Å². The van der Waals surface area contributed by atoms with Gasteiger partial charge in [-0.2, -0.15) is 0 Å². The van der Waals surface area contributed by atoms with Gasteiger partial charge in [0.2, 0.25) is 5.78 Å². The lowest BCUT2D eigenvalue weighted by Gasteiger charge is -2.50. The number of nitrogens with zero attached hydrogens (tertiary/aromatic N) is 3. The summed E-state index contributed by atoms with van der Waals surface area (Å²) in [6, 6.07) is 0.807. The number of likely N-dealkylation sites (N-methyl/N-ethyl adjacent to an activating group) is 1. The number of aliphatic hydroxyl groups excluding tert-OH is 2. The summed E-state index contributed by atoms with van der Waals surface area (Å²) < 4.78 is 5.43. The Bertz CT molecular complexity index is 1340. The van der Waals surface area contributed by atoms with Gasteiger partial charge >= 0.3 is 0 Å². The number of ketones is 2. The molecular formula is C27H34N4O8. The van der Waals surface area contributed by atoms with Crippen LogP contribution < -0.4 is 15.5 Å². The molecular weight excluding hydrogens is 508 g/mol. The van der Waals surface area contributed by atoms with Crippen molar-refractivity contribution in [1.82, 2.24) is 4.90 Å². The lowest BCUT2D eigenvalue weighted by Crippen LogP contribution is -2.63. The number of primary amides is 1. The molecule has 1 saturated heterocycles. The molecule has 210 valence electrons. The highest BCUT2D eigenvalue weighted by Gasteiger charge is 2.63. The molecule has 0 aromatic heterocycles. The zero-order valence-corrected chi connectivity index (χ0v) is 22.4. The Morgan fingerprint density at radius 1 is 1.13 bits per heavy atom. The third-order valence-corrected chi connectivity index (χ3v) is 8.51. The fraction of sp³-hybridized carbons (Fsp3) is 0.519. The Morgan fingerprint density at radius 3 is 2.33 bits per heavy atom. The smallest absolute Gasteiger partial charge is 0.255 e. The van der Waals surface area contributed by atoms with Crippen molar-refractivity contribution < 1.29 is 39.5 Å². The van der Waals surface area contributed by atoms with E-state index >= 15 is 0 Å². The number of nitrogens with two attached hydrogens (primary N) is 1. The molecule has 0 unspecified atom stereocenters. The van der Waals surface area contributed by atoms with E-state index in [1.807, 2.05) is 30.0 Å². The zero-order chi connectivity index (χ0) is 28.5. The monoisotopic (exact) mass is 542 g/mol. The van der Waals surface area contributed by atoms with E-state index in [1.54, 1.807) is 14.1 Å². The average Bonchev–Trinajstić information content (AvgIpc) is 2.86. The van der Waals surface area contributed by atoms with Gasteiger partial charge in [0.05, 0.1) is 30.5 Å². The first-order chi connectivity index (χ1) is 18.3. The predicted octanol–water partition coefficient (Wildman–Crippen LogP) is 0.0232. The van der Waals surface area contributed by atoms with Crippen molar-refractivity contribution in [2.45, 2.75) is 24.5 Å². The molecule has 12 heteroatoms. The van der Waals surface area contributed by atoms with Crippen LogP contribution in [0.5, 0.6) is 5.75 Å². The maximum Gasteiger partial charge on any atom is 0.255 e. The summed E-state index contributed by atoms with van der Waals surface area (Å²) in [5, 5.41) is 45.5. The zero-order valence-electron chi connectivity index (χ0n) is 22.4. The SMILES string of the molecule is CN(C)c1cc(N2CCOCC2)c(O)c2c1C[C@@H]1C[C@@H]3[C@@H](N(C)C)C(O)=C(C(N)=O)C(=O)[C@]3(O)C(O)=C1C2=O. The molecule has 1 amide bonds. The van der Waals surface area contributed by atoms with Crippen LogP contribution in [0.2, 0.25) is 0 Å². The van der Waals surface area contributed by atoms with Crippen molar-refractivity contribution in [2.24, 2.45) is 17.6 Å². The van der Waals surface area contributed by atoms with Crippen molar-refractivity contribution in [1.29, 1.82) is 0 Å². The van der Waals surface area contributed by atoms with E-state index in [4.69, 9.17) is 10.5 Å². The molecule has 1 aromatic rings. The number of anilines is 2. The third kappa shape index (κ3) is 3.73.